The lowest BCUT2D eigenvalue weighted by Gasteiger charge is -2.13. The summed E-state index contributed by atoms with van der Waals surface area (Å²) in [5.41, 5.74) is 5.04. The number of unbranched alkanes of at least 4 members (excludes halogenated alkanes) is 1. The number of aliphatic hydroxyl groups excluding tert-OH is 1. The van der Waals surface area contributed by atoms with Gasteiger partial charge < -0.3 is 25.6 Å². The number of nitrogens with two attached hydrogens (primary N) is 1. The van der Waals surface area contributed by atoms with E-state index >= 15 is 0 Å². The quantitative estimate of drug-likeness (QED) is 0.522. The maximum absolute atomic E-state index is 10.5. The summed E-state index contributed by atoms with van der Waals surface area (Å²) in [6.45, 7) is 1.42. The zero-order valence-electron chi connectivity index (χ0n) is 12.4. The standard InChI is InChI=1S/C15H24N2O4/c1-20-13-5-7-14(8-6-13)21-11-12(18)10-17-9-3-2-4-15(16)19/h5-8,12,17-18H,2-4,9-11H2,1H3,(H2,16,19). The Morgan fingerprint density at radius 3 is 2.57 bits per heavy atom. The lowest BCUT2D eigenvalue weighted by Crippen LogP contribution is -2.32. The van der Waals surface area contributed by atoms with Gasteiger partial charge in [-0.2, -0.15) is 0 Å². The van der Waals surface area contributed by atoms with E-state index in [-0.39, 0.29) is 12.5 Å². The van der Waals surface area contributed by atoms with Gasteiger partial charge in [0.25, 0.3) is 0 Å². The van der Waals surface area contributed by atoms with Crippen molar-refractivity contribution in [1.82, 2.24) is 5.32 Å². The second kappa shape index (κ2) is 10.0. The second-order valence-electron chi connectivity index (χ2n) is 4.77. The van der Waals surface area contributed by atoms with Gasteiger partial charge in [-0.25, -0.2) is 0 Å². The van der Waals surface area contributed by atoms with Gasteiger partial charge in [-0.1, -0.05) is 0 Å². The molecule has 1 atom stereocenters. The predicted octanol–water partition coefficient (Wildman–Crippen LogP) is 0.680. The van der Waals surface area contributed by atoms with Gasteiger partial charge in [0, 0.05) is 13.0 Å². The third-order valence-corrected chi connectivity index (χ3v) is 2.91. The van der Waals surface area contributed by atoms with Crippen molar-refractivity contribution in [2.24, 2.45) is 5.73 Å². The lowest BCUT2D eigenvalue weighted by atomic mass is 10.2. The Balaban J connectivity index is 2.07. The largest absolute Gasteiger partial charge is 0.497 e. The minimum atomic E-state index is -0.580. The molecule has 21 heavy (non-hydrogen) atoms. The fraction of sp³-hybridized carbons (Fsp3) is 0.533. The van der Waals surface area contributed by atoms with Crippen molar-refractivity contribution in [3.05, 3.63) is 24.3 Å². The molecular weight excluding hydrogens is 272 g/mol. The minimum absolute atomic E-state index is 0.223. The van der Waals surface area contributed by atoms with E-state index in [9.17, 15) is 9.90 Å². The highest BCUT2D eigenvalue weighted by Gasteiger charge is 2.05. The van der Waals surface area contributed by atoms with Gasteiger partial charge in [-0.05, 0) is 43.7 Å². The third kappa shape index (κ3) is 8.16. The van der Waals surface area contributed by atoms with Crippen molar-refractivity contribution in [1.29, 1.82) is 0 Å². The maximum atomic E-state index is 10.5. The summed E-state index contributed by atoms with van der Waals surface area (Å²) in [7, 11) is 1.61. The first kappa shape index (κ1) is 17.3. The van der Waals surface area contributed by atoms with E-state index < -0.39 is 6.10 Å². The molecule has 1 rings (SSSR count). The molecule has 4 N–H and O–H groups in total. The van der Waals surface area contributed by atoms with E-state index in [1.165, 1.54) is 0 Å². The first-order valence-corrected chi connectivity index (χ1v) is 7.05. The molecule has 0 bridgehead atoms. The van der Waals surface area contributed by atoms with Crippen LogP contribution in [-0.2, 0) is 4.79 Å². The van der Waals surface area contributed by atoms with Gasteiger partial charge >= 0.3 is 0 Å². The van der Waals surface area contributed by atoms with E-state index in [0.29, 0.717) is 18.7 Å². The molecule has 0 spiro atoms. The number of hydrogen-bond donors (Lipinski definition) is 3. The Morgan fingerprint density at radius 2 is 1.95 bits per heavy atom. The van der Waals surface area contributed by atoms with Crippen LogP contribution in [0, 0.1) is 0 Å². The predicted molar refractivity (Wildman–Crippen MR) is 80.4 cm³/mol. The molecule has 0 aliphatic carbocycles. The van der Waals surface area contributed by atoms with E-state index in [4.69, 9.17) is 15.2 Å². The van der Waals surface area contributed by atoms with Crippen LogP contribution in [0.2, 0.25) is 0 Å². The Kier molecular flexibility index (Phi) is 8.23. The molecule has 118 valence electrons. The monoisotopic (exact) mass is 296 g/mol. The van der Waals surface area contributed by atoms with Crippen LogP contribution in [0.25, 0.3) is 0 Å². The molecule has 1 aromatic carbocycles. The normalized spacial score (nSPS) is 11.9. The number of nitrogens with one attached hydrogen (secondary N) is 1. The number of carbonyl (C=O) groups excluding carboxylic acids is 1. The van der Waals surface area contributed by atoms with Crippen molar-refractivity contribution in [2.75, 3.05) is 26.8 Å². The third-order valence-electron chi connectivity index (χ3n) is 2.91. The average molecular weight is 296 g/mol. The first-order chi connectivity index (χ1) is 10.1. The van der Waals surface area contributed by atoms with Gasteiger partial charge in [0.05, 0.1) is 7.11 Å². The van der Waals surface area contributed by atoms with E-state index in [1.807, 2.05) is 0 Å². The summed E-state index contributed by atoms with van der Waals surface area (Å²) in [5.74, 6) is 1.18. The molecule has 1 unspecified atom stereocenters. The number of benzene rings is 1. The number of hydrogen-bond acceptors (Lipinski definition) is 5. The average Bonchev–Trinajstić information content (AvgIpc) is 2.49. The summed E-state index contributed by atoms with van der Waals surface area (Å²) in [6, 6.07) is 7.20. The maximum Gasteiger partial charge on any atom is 0.217 e. The number of rotatable bonds is 11. The van der Waals surface area contributed by atoms with E-state index in [1.54, 1.807) is 31.4 Å². The SMILES string of the molecule is COc1ccc(OCC(O)CNCCCCC(N)=O)cc1. The molecule has 0 fully saturated rings. The van der Waals surface area contributed by atoms with Crippen molar-refractivity contribution >= 4 is 5.91 Å². The lowest BCUT2D eigenvalue weighted by molar-refractivity contribution is -0.118. The van der Waals surface area contributed by atoms with Gasteiger partial charge in [-0.15, -0.1) is 0 Å². The zero-order chi connectivity index (χ0) is 15.5. The summed E-state index contributed by atoms with van der Waals surface area (Å²) >= 11 is 0. The molecule has 0 aliphatic heterocycles. The van der Waals surface area contributed by atoms with Gasteiger partial charge in [-0.3, -0.25) is 4.79 Å². The second-order valence-corrected chi connectivity index (χ2v) is 4.77. The number of amides is 1. The van der Waals surface area contributed by atoms with E-state index in [2.05, 4.69) is 5.32 Å². The topological polar surface area (TPSA) is 93.8 Å². The highest BCUT2D eigenvalue weighted by atomic mass is 16.5. The summed E-state index contributed by atoms with van der Waals surface area (Å²) in [4.78, 5) is 10.5. The molecule has 0 heterocycles. The highest BCUT2D eigenvalue weighted by molar-refractivity contribution is 5.73. The molecule has 0 saturated heterocycles. The van der Waals surface area contributed by atoms with Crippen LogP contribution < -0.4 is 20.5 Å². The summed E-state index contributed by atoms with van der Waals surface area (Å²) in [5, 5.41) is 12.9. The zero-order valence-corrected chi connectivity index (χ0v) is 12.4. The van der Waals surface area contributed by atoms with Gasteiger partial charge in [0.2, 0.25) is 5.91 Å². The Morgan fingerprint density at radius 1 is 1.29 bits per heavy atom. The number of carbonyl (C=O) groups is 1. The summed E-state index contributed by atoms with van der Waals surface area (Å²) < 4.78 is 10.5. The van der Waals surface area contributed by atoms with Crippen LogP contribution >= 0.6 is 0 Å². The molecule has 0 aliphatic rings. The molecule has 0 saturated carbocycles. The first-order valence-electron chi connectivity index (χ1n) is 7.05. The highest BCUT2D eigenvalue weighted by Crippen LogP contribution is 2.16. The molecule has 0 aromatic heterocycles. The number of aliphatic hydroxyl groups is 1. The number of ether oxygens (including phenoxy) is 2. The molecule has 6 nitrogen and oxygen atoms in total. The van der Waals surface area contributed by atoms with Crippen molar-refractivity contribution in [3.8, 4) is 11.5 Å². The van der Waals surface area contributed by atoms with E-state index in [0.717, 1.165) is 25.1 Å². The van der Waals surface area contributed by atoms with Crippen LogP contribution in [0.5, 0.6) is 11.5 Å². The van der Waals surface area contributed by atoms with Crippen LogP contribution in [-0.4, -0.2) is 43.9 Å². The molecule has 6 heteroatoms. The molecule has 1 amide bonds. The Bertz CT molecular complexity index is 409. The van der Waals surface area contributed by atoms with Crippen molar-refractivity contribution < 1.29 is 19.4 Å². The number of methoxy groups -OCH3 is 1. The van der Waals surface area contributed by atoms with Crippen LogP contribution in [0.1, 0.15) is 19.3 Å². The van der Waals surface area contributed by atoms with Crippen LogP contribution in [0.4, 0.5) is 0 Å². The molecular formula is C15H24N2O4. The molecule has 1 aromatic rings. The Labute approximate surface area is 125 Å². The minimum Gasteiger partial charge on any atom is -0.497 e. The number of primary amides is 1. The fourth-order valence-corrected chi connectivity index (χ4v) is 1.74. The smallest absolute Gasteiger partial charge is 0.217 e. The fourth-order valence-electron chi connectivity index (χ4n) is 1.74. The Hall–Kier alpha value is -1.79. The van der Waals surface area contributed by atoms with Crippen LogP contribution in [0.15, 0.2) is 24.3 Å². The van der Waals surface area contributed by atoms with Gasteiger partial charge in [0.1, 0.15) is 24.2 Å². The summed E-state index contributed by atoms with van der Waals surface area (Å²) in [6.07, 6.45) is 1.45. The van der Waals surface area contributed by atoms with Crippen molar-refractivity contribution in [3.63, 3.8) is 0 Å². The van der Waals surface area contributed by atoms with Gasteiger partial charge in [0.15, 0.2) is 0 Å². The molecule has 0 radical (unpaired) electrons. The van der Waals surface area contributed by atoms with Crippen molar-refractivity contribution in [2.45, 2.75) is 25.4 Å². The van der Waals surface area contributed by atoms with Crippen LogP contribution in [0.3, 0.4) is 0 Å².